The lowest BCUT2D eigenvalue weighted by atomic mass is 10.1. The molecule has 2 aromatic carbocycles. The predicted octanol–water partition coefficient (Wildman–Crippen LogP) is 2.94. The minimum Gasteiger partial charge on any atom is -0.352 e. The molecule has 26 heavy (non-hydrogen) atoms. The van der Waals surface area contributed by atoms with Crippen molar-refractivity contribution in [2.24, 2.45) is 0 Å². The van der Waals surface area contributed by atoms with E-state index in [0.717, 1.165) is 36.3 Å². The van der Waals surface area contributed by atoms with Gasteiger partial charge in [0.05, 0.1) is 11.3 Å². The number of hydrogen-bond acceptors (Lipinski definition) is 4. The number of benzene rings is 2. The summed E-state index contributed by atoms with van der Waals surface area (Å²) in [6.07, 6.45) is 0.798. The molecule has 1 aliphatic heterocycles. The van der Waals surface area contributed by atoms with Gasteiger partial charge in [-0.05, 0) is 11.1 Å². The number of nitrogens with one attached hydrogen (secondary N) is 2. The first-order valence-electron chi connectivity index (χ1n) is 8.94. The summed E-state index contributed by atoms with van der Waals surface area (Å²) < 4.78 is 0. The van der Waals surface area contributed by atoms with Crippen molar-refractivity contribution in [2.45, 2.75) is 26.1 Å². The van der Waals surface area contributed by atoms with Crippen LogP contribution in [-0.4, -0.2) is 21.4 Å². The third-order valence-corrected chi connectivity index (χ3v) is 4.70. The summed E-state index contributed by atoms with van der Waals surface area (Å²) in [5.41, 5.74) is 4.08. The Kier molecular flexibility index (Phi) is 4.80. The molecular weight excluding hydrogens is 324 g/mol. The molecule has 1 aliphatic rings. The molecule has 1 aromatic heterocycles. The summed E-state index contributed by atoms with van der Waals surface area (Å²) in [7, 11) is 0. The van der Waals surface area contributed by atoms with Gasteiger partial charge in [-0.2, -0.15) is 0 Å². The van der Waals surface area contributed by atoms with Crippen molar-refractivity contribution in [3.63, 3.8) is 0 Å². The smallest absolute Gasteiger partial charge is 0.257 e. The predicted molar refractivity (Wildman–Crippen MR) is 103 cm³/mol. The number of anilines is 1. The number of H-pyrrole nitrogens is 1. The molecule has 0 spiro atoms. The van der Waals surface area contributed by atoms with E-state index < -0.39 is 0 Å². The molecule has 5 nitrogen and oxygen atoms in total. The van der Waals surface area contributed by atoms with Crippen molar-refractivity contribution in [1.82, 2.24) is 14.9 Å². The van der Waals surface area contributed by atoms with E-state index in [9.17, 15) is 4.79 Å². The maximum absolute atomic E-state index is 12.5. The molecule has 0 radical (unpaired) electrons. The van der Waals surface area contributed by atoms with Gasteiger partial charge in [-0.25, -0.2) is 4.98 Å². The van der Waals surface area contributed by atoms with Crippen LogP contribution in [0, 0.1) is 0 Å². The van der Waals surface area contributed by atoms with Gasteiger partial charge in [-0.3, -0.25) is 14.7 Å². The number of hydrogen-bond donors (Lipinski definition) is 2. The van der Waals surface area contributed by atoms with Gasteiger partial charge in [0, 0.05) is 32.6 Å². The molecule has 5 heteroatoms. The third-order valence-electron chi connectivity index (χ3n) is 4.70. The molecule has 0 aliphatic carbocycles. The summed E-state index contributed by atoms with van der Waals surface area (Å²) in [5.74, 6) is 0.550. The Labute approximate surface area is 152 Å². The topological polar surface area (TPSA) is 61.0 Å². The minimum absolute atomic E-state index is 0.0386. The Morgan fingerprint density at radius 1 is 1.00 bits per heavy atom. The quantitative estimate of drug-likeness (QED) is 0.746. The van der Waals surface area contributed by atoms with Crippen LogP contribution in [0.25, 0.3) is 0 Å². The number of nitrogens with zero attached hydrogens (tertiary/aromatic N) is 2. The molecule has 3 aromatic rings. The minimum atomic E-state index is -0.0386. The third kappa shape index (κ3) is 3.83. The zero-order valence-electron chi connectivity index (χ0n) is 14.6. The van der Waals surface area contributed by atoms with E-state index in [1.165, 1.54) is 5.56 Å². The fourth-order valence-corrected chi connectivity index (χ4v) is 3.32. The average molecular weight is 346 g/mol. The van der Waals surface area contributed by atoms with Crippen LogP contribution >= 0.6 is 0 Å². The van der Waals surface area contributed by atoms with Gasteiger partial charge < -0.3 is 5.32 Å². The monoisotopic (exact) mass is 346 g/mol. The van der Waals surface area contributed by atoms with Gasteiger partial charge in [0.15, 0.2) is 0 Å². The molecule has 0 saturated heterocycles. The normalized spacial score (nSPS) is 14.0. The van der Waals surface area contributed by atoms with E-state index in [2.05, 4.69) is 32.3 Å². The largest absolute Gasteiger partial charge is 0.352 e. The number of aromatic amines is 1. The molecule has 0 amide bonds. The summed E-state index contributed by atoms with van der Waals surface area (Å²) >= 11 is 0. The van der Waals surface area contributed by atoms with Crippen LogP contribution in [0.15, 0.2) is 65.5 Å². The maximum Gasteiger partial charge on any atom is 0.257 e. The molecule has 2 heterocycles. The summed E-state index contributed by atoms with van der Waals surface area (Å²) in [4.78, 5) is 22.4. The molecule has 132 valence electrons. The highest BCUT2D eigenvalue weighted by Crippen LogP contribution is 2.17. The van der Waals surface area contributed by atoms with Crippen LogP contribution < -0.4 is 10.9 Å². The van der Waals surface area contributed by atoms with E-state index in [0.29, 0.717) is 19.0 Å². The van der Waals surface area contributed by atoms with Crippen molar-refractivity contribution < 1.29 is 0 Å². The van der Waals surface area contributed by atoms with Crippen LogP contribution in [0.2, 0.25) is 0 Å². The highest BCUT2D eigenvalue weighted by Gasteiger charge is 2.21. The fraction of sp³-hybridized carbons (Fsp3) is 0.238. The first-order valence-corrected chi connectivity index (χ1v) is 8.94. The van der Waals surface area contributed by atoms with Crippen molar-refractivity contribution in [1.29, 1.82) is 0 Å². The van der Waals surface area contributed by atoms with Crippen molar-refractivity contribution in [2.75, 3.05) is 11.9 Å². The Hall–Kier alpha value is -2.92. The summed E-state index contributed by atoms with van der Waals surface area (Å²) in [6, 6.07) is 20.4. The second-order valence-corrected chi connectivity index (χ2v) is 6.63. The van der Waals surface area contributed by atoms with Gasteiger partial charge in [0.2, 0.25) is 5.95 Å². The fourth-order valence-electron chi connectivity index (χ4n) is 3.32. The van der Waals surface area contributed by atoms with E-state index >= 15 is 0 Å². The standard InChI is InChI=1S/C21H22N4O/c26-20-18-15-25(14-17-9-5-2-6-10-17)12-11-19(18)23-21(24-20)22-13-16-7-3-1-4-8-16/h1-10H,11-15H2,(H2,22,23,24,26). The lowest BCUT2D eigenvalue weighted by molar-refractivity contribution is 0.242. The number of fused-ring (bicyclic) bond motifs is 1. The van der Waals surface area contributed by atoms with Gasteiger partial charge in [-0.1, -0.05) is 60.7 Å². The highest BCUT2D eigenvalue weighted by molar-refractivity contribution is 5.32. The van der Waals surface area contributed by atoms with Crippen LogP contribution in [0.4, 0.5) is 5.95 Å². The zero-order valence-corrected chi connectivity index (χ0v) is 14.6. The first kappa shape index (κ1) is 16.5. The highest BCUT2D eigenvalue weighted by atomic mass is 16.1. The summed E-state index contributed by atoms with van der Waals surface area (Å²) in [5, 5.41) is 3.22. The number of rotatable bonds is 5. The summed E-state index contributed by atoms with van der Waals surface area (Å²) in [6.45, 7) is 3.05. The molecule has 0 saturated carbocycles. The number of aromatic nitrogens is 2. The van der Waals surface area contributed by atoms with Gasteiger partial charge in [0.1, 0.15) is 0 Å². The van der Waals surface area contributed by atoms with E-state index in [-0.39, 0.29) is 5.56 Å². The Bertz CT molecular complexity index is 922. The molecule has 0 unspecified atom stereocenters. The van der Waals surface area contributed by atoms with Crippen LogP contribution in [-0.2, 0) is 26.1 Å². The molecular formula is C21H22N4O. The van der Waals surface area contributed by atoms with Crippen LogP contribution in [0.5, 0.6) is 0 Å². The SMILES string of the molecule is O=c1[nH]c(NCc2ccccc2)nc2c1CN(Cc1ccccc1)CC2. The van der Waals surface area contributed by atoms with Crippen molar-refractivity contribution in [3.05, 3.63) is 93.4 Å². The lowest BCUT2D eigenvalue weighted by Crippen LogP contribution is -2.35. The van der Waals surface area contributed by atoms with E-state index in [1.807, 2.05) is 48.5 Å². The first-order chi connectivity index (χ1) is 12.8. The molecule has 0 bridgehead atoms. The van der Waals surface area contributed by atoms with Crippen LogP contribution in [0.1, 0.15) is 22.4 Å². The average Bonchev–Trinajstić information content (AvgIpc) is 2.68. The molecule has 4 rings (SSSR count). The molecule has 0 fully saturated rings. The van der Waals surface area contributed by atoms with Crippen LogP contribution in [0.3, 0.4) is 0 Å². The van der Waals surface area contributed by atoms with Gasteiger partial charge >= 0.3 is 0 Å². The molecule has 0 atom stereocenters. The second kappa shape index (κ2) is 7.54. The Morgan fingerprint density at radius 2 is 1.69 bits per heavy atom. The van der Waals surface area contributed by atoms with E-state index in [4.69, 9.17) is 0 Å². The second-order valence-electron chi connectivity index (χ2n) is 6.63. The van der Waals surface area contributed by atoms with Gasteiger partial charge in [0.25, 0.3) is 5.56 Å². The van der Waals surface area contributed by atoms with Gasteiger partial charge in [-0.15, -0.1) is 0 Å². The van der Waals surface area contributed by atoms with Crippen molar-refractivity contribution >= 4 is 5.95 Å². The molecule has 2 N–H and O–H groups in total. The van der Waals surface area contributed by atoms with Crippen molar-refractivity contribution in [3.8, 4) is 0 Å². The Balaban J connectivity index is 1.46. The maximum atomic E-state index is 12.5. The van der Waals surface area contributed by atoms with E-state index in [1.54, 1.807) is 0 Å². The Morgan fingerprint density at radius 3 is 2.42 bits per heavy atom. The lowest BCUT2D eigenvalue weighted by Gasteiger charge is -2.27. The zero-order chi connectivity index (χ0) is 17.8.